The van der Waals surface area contributed by atoms with Crippen LogP contribution in [0.4, 0.5) is 0 Å². The first-order chi connectivity index (χ1) is 6.75. The molecule has 0 spiro atoms. The van der Waals surface area contributed by atoms with Crippen molar-refractivity contribution in [2.75, 3.05) is 6.54 Å². The molecule has 74 valence electrons. The first-order valence-corrected chi connectivity index (χ1v) is 4.51. The Bertz CT molecular complexity index is 354. The number of carbonyl (C=O) groups excluding carboxylic acids is 1. The Hall–Kier alpha value is -1.47. The van der Waals surface area contributed by atoms with Crippen molar-refractivity contribution in [3.63, 3.8) is 0 Å². The van der Waals surface area contributed by atoms with Crippen molar-refractivity contribution in [3.05, 3.63) is 23.1 Å². The Balaban J connectivity index is 2.37. The number of halogens is 1. The van der Waals surface area contributed by atoms with E-state index in [4.69, 9.17) is 21.3 Å². The van der Waals surface area contributed by atoms with Crippen LogP contribution in [0.15, 0.2) is 16.7 Å². The van der Waals surface area contributed by atoms with Gasteiger partial charge < -0.3 is 9.73 Å². The third kappa shape index (κ3) is 2.79. The molecule has 1 N–H and O–H groups in total. The van der Waals surface area contributed by atoms with Crippen molar-refractivity contribution in [1.82, 2.24) is 5.32 Å². The maximum Gasteiger partial charge on any atom is 0.256 e. The van der Waals surface area contributed by atoms with Crippen molar-refractivity contribution in [3.8, 4) is 6.07 Å². The standard InChI is InChI=1S/C9H9ClN2O2/c10-8-7(3-6-14-8)9(13)12-5-2-1-4-11/h3,6H,1-2,5H2,(H,12,13). The number of hydrogen-bond acceptors (Lipinski definition) is 3. The van der Waals surface area contributed by atoms with E-state index < -0.39 is 0 Å². The van der Waals surface area contributed by atoms with E-state index in [9.17, 15) is 4.79 Å². The number of amides is 1. The van der Waals surface area contributed by atoms with Crippen molar-refractivity contribution in [2.24, 2.45) is 0 Å². The zero-order valence-corrected chi connectivity index (χ0v) is 8.17. The van der Waals surface area contributed by atoms with Crippen LogP contribution in [0.1, 0.15) is 23.2 Å². The Labute approximate surface area is 86.5 Å². The minimum atomic E-state index is -0.276. The van der Waals surface area contributed by atoms with Crippen LogP contribution in [0.2, 0.25) is 5.22 Å². The molecule has 1 amide bonds. The van der Waals surface area contributed by atoms with Gasteiger partial charge in [-0.05, 0) is 24.1 Å². The second-order valence-electron chi connectivity index (χ2n) is 2.63. The van der Waals surface area contributed by atoms with Gasteiger partial charge in [-0.25, -0.2) is 0 Å². The van der Waals surface area contributed by atoms with E-state index in [2.05, 4.69) is 5.32 Å². The van der Waals surface area contributed by atoms with Gasteiger partial charge in [-0.3, -0.25) is 4.79 Å². The number of furan rings is 1. The largest absolute Gasteiger partial charge is 0.452 e. The van der Waals surface area contributed by atoms with Crippen molar-refractivity contribution in [2.45, 2.75) is 12.8 Å². The third-order valence-electron chi connectivity index (χ3n) is 1.61. The summed E-state index contributed by atoms with van der Waals surface area (Å²) < 4.78 is 4.77. The highest BCUT2D eigenvalue weighted by Crippen LogP contribution is 2.15. The Morgan fingerprint density at radius 3 is 3.07 bits per heavy atom. The predicted octanol–water partition coefficient (Wildman–Crippen LogP) is 1.97. The second-order valence-corrected chi connectivity index (χ2v) is 2.97. The van der Waals surface area contributed by atoms with Crippen LogP contribution in [0.3, 0.4) is 0 Å². The smallest absolute Gasteiger partial charge is 0.256 e. The third-order valence-corrected chi connectivity index (χ3v) is 1.91. The normalized spacial score (nSPS) is 9.43. The number of rotatable bonds is 4. The Morgan fingerprint density at radius 1 is 1.71 bits per heavy atom. The van der Waals surface area contributed by atoms with Crippen LogP contribution in [0.25, 0.3) is 0 Å². The second kappa shape index (κ2) is 5.30. The molecule has 0 aromatic carbocycles. The molecule has 0 saturated heterocycles. The average Bonchev–Trinajstić information content (AvgIpc) is 2.59. The first-order valence-electron chi connectivity index (χ1n) is 4.14. The van der Waals surface area contributed by atoms with Gasteiger partial charge in [-0.1, -0.05) is 0 Å². The lowest BCUT2D eigenvalue weighted by Crippen LogP contribution is -2.24. The summed E-state index contributed by atoms with van der Waals surface area (Å²) in [5.74, 6) is -0.276. The van der Waals surface area contributed by atoms with E-state index in [-0.39, 0.29) is 11.1 Å². The highest BCUT2D eigenvalue weighted by molar-refractivity contribution is 6.32. The molecule has 4 nitrogen and oxygen atoms in total. The molecule has 0 aliphatic carbocycles. The molecule has 0 aliphatic rings. The molecule has 0 unspecified atom stereocenters. The van der Waals surface area contributed by atoms with Gasteiger partial charge in [0, 0.05) is 13.0 Å². The predicted molar refractivity (Wildman–Crippen MR) is 50.9 cm³/mol. The maximum atomic E-state index is 11.4. The summed E-state index contributed by atoms with van der Waals surface area (Å²) in [5, 5.41) is 11.0. The molecule has 0 atom stereocenters. The number of carbonyl (C=O) groups is 1. The summed E-state index contributed by atoms with van der Waals surface area (Å²) in [6.07, 6.45) is 2.42. The topological polar surface area (TPSA) is 66.0 Å². The minimum absolute atomic E-state index is 0.0859. The van der Waals surface area contributed by atoms with Gasteiger partial charge in [-0.2, -0.15) is 5.26 Å². The summed E-state index contributed by atoms with van der Waals surface area (Å²) in [6.45, 7) is 0.466. The summed E-state index contributed by atoms with van der Waals surface area (Å²) in [5.41, 5.74) is 0.323. The molecule has 1 aromatic rings. The van der Waals surface area contributed by atoms with Gasteiger partial charge >= 0.3 is 0 Å². The van der Waals surface area contributed by atoms with E-state index in [0.717, 1.165) is 0 Å². The minimum Gasteiger partial charge on any atom is -0.452 e. The van der Waals surface area contributed by atoms with Gasteiger partial charge in [0.05, 0.1) is 17.9 Å². The molecule has 0 aliphatic heterocycles. The summed E-state index contributed by atoms with van der Waals surface area (Å²) >= 11 is 5.59. The quantitative estimate of drug-likeness (QED) is 0.776. The lowest BCUT2D eigenvalue weighted by Gasteiger charge is -2.00. The van der Waals surface area contributed by atoms with Crippen molar-refractivity contribution >= 4 is 17.5 Å². The summed E-state index contributed by atoms with van der Waals surface area (Å²) in [7, 11) is 0. The maximum absolute atomic E-state index is 11.4. The average molecular weight is 213 g/mol. The van der Waals surface area contributed by atoms with E-state index in [0.29, 0.717) is 24.9 Å². The number of nitriles is 1. The summed E-state index contributed by atoms with van der Waals surface area (Å²) in [6, 6.07) is 3.49. The van der Waals surface area contributed by atoms with Gasteiger partial charge in [0.25, 0.3) is 5.91 Å². The lowest BCUT2D eigenvalue weighted by molar-refractivity contribution is 0.0953. The molecule has 1 heterocycles. The number of nitrogens with zero attached hydrogens (tertiary/aromatic N) is 1. The molecule has 0 fully saturated rings. The number of nitrogens with one attached hydrogen (secondary N) is 1. The highest BCUT2D eigenvalue weighted by atomic mass is 35.5. The molecule has 0 saturated carbocycles. The van der Waals surface area contributed by atoms with E-state index >= 15 is 0 Å². The Kier molecular flexibility index (Phi) is 4.02. The first kappa shape index (κ1) is 10.6. The molecule has 5 heteroatoms. The fourth-order valence-electron chi connectivity index (χ4n) is 0.920. The van der Waals surface area contributed by atoms with E-state index in [1.165, 1.54) is 12.3 Å². The molecular formula is C9H9ClN2O2. The molecule has 1 aromatic heterocycles. The van der Waals surface area contributed by atoms with Crippen LogP contribution in [-0.4, -0.2) is 12.5 Å². The van der Waals surface area contributed by atoms with Crippen LogP contribution < -0.4 is 5.32 Å². The number of unbranched alkanes of at least 4 members (excludes halogenated alkanes) is 1. The fraction of sp³-hybridized carbons (Fsp3) is 0.333. The van der Waals surface area contributed by atoms with Crippen molar-refractivity contribution in [1.29, 1.82) is 5.26 Å². The van der Waals surface area contributed by atoms with Crippen LogP contribution in [-0.2, 0) is 0 Å². The monoisotopic (exact) mass is 212 g/mol. The fourth-order valence-corrected chi connectivity index (χ4v) is 1.12. The zero-order chi connectivity index (χ0) is 10.4. The van der Waals surface area contributed by atoms with Crippen molar-refractivity contribution < 1.29 is 9.21 Å². The Morgan fingerprint density at radius 2 is 2.50 bits per heavy atom. The molecular weight excluding hydrogens is 204 g/mol. The van der Waals surface area contributed by atoms with Crippen LogP contribution in [0.5, 0.6) is 0 Å². The number of hydrogen-bond donors (Lipinski definition) is 1. The molecule has 14 heavy (non-hydrogen) atoms. The van der Waals surface area contributed by atoms with Crippen LogP contribution >= 0.6 is 11.6 Å². The van der Waals surface area contributed by atoms with Gasteiger partial charge in [0.1, 0.15) is 0 Å². The van der Waals surface area contributed by atoms with Gasteiger partial charge in [-0.15, -0.1) is 0 Å². The van der Waals surface area contributed by atoms with E-state index in [1.807, 2.05) is 6.07 Å². The SMILES string of the molecule is N#CCCCNC(=O)c1ccoc1Cl. The molecule has 1 rings (SSSR count). The molecule has 0 radical (unpaired) electrons. The van der Waals surface area contributed by atoms with Gasteiger partial charge in [0.2, 0.25) is 5.22 Å². The zero-order valence-electron chi connectivity index (χ0n) is 7.42. The summed E-state index contributed by atoms with van der Waals surface area (Å²) in [4.78, 5) is 11.4. The van der Waals surface area contributed by atoms with Crippen LogP contribution in [0, 0.1) is 11.3 Å². The lowest BCUT2D eigenvalue weighted by atomic mass is 10.3. The van der Waals surface area contributed by atoms with Gasteiger partial charge in [0.15, 0.2) is 0 Å². The molecule has 0 bridgehead atoms. The highest BCUT2D eigenvalue weighted by Gasteiger charge is 2.11. The van der Waals surface area contributed by atoms with E-state index in [1.54, 1.807) is 0 Å².